The van der Waals surface area contributed by atoms with Crippen molar-refractivity contribution >= 4 is 33.2 Å². The smallest absolute Gasteiger partial charge is 0.264 e. The molecule has 2 aromatic carbocycles. The highest BCUT2D eigenvalue weighted by Crippen LogP contribution is 2.50. The van der Waals surface area contributed by atoms with Crippen LogP contribution in [0.1, 0.15) is 81.3 Å². The van der Waals surface area contributed by atoms with Gasteiger partial charge < -0.3 is 19.1 Å². The minimum atomic E-state index is -3.97. The maximum Gasteiger partial charge on any atom is 0.264 e. The van der Waals surface area contributed by atoms with Crippen LogP contribution >= 0.6 is 11.6 Å². The number of rotatable bonds is 4. The topological polar surface area (TPSA) is 101 Å². The van der Waals surface area contributed by atoms with Crippen molar-refractivity contribution in [1.29, 1.82) is 0 Å². The first-order valence-electron chi connectivity index (χ1n) is 20.6. The predicted octanol–water partition coefficient (Wildman–Crippen LogP) is 6.06. The number of nitrogens with zero attached hydrogens (tertiary/aromatic N) is 3. The van der Waals surface area contributed by atoms with E-state index in [0.29, 0.717) is 42.8 Å². The number of hydrogen-bond donors (Lipinski definition) is 1. The van der Waals surface area contributed by atoms with Gasteiger partial charge in [0.2, 0.25) is 10.0 Å². The van der Waals surface area contributed by atoms with Gasteiger partial charge in [-0.2, -0.15) is 0 Å². The molecule has 2 bridgehead atoms. The second-order valence-electron chi connectivity index (χ2n) is 17.6. The predicted molar refractivity (Wildman–Crippen MR) is 217 cm³/mol. The largest absolute Gasteiger partial charge is 0.490 e. The van der Waals surface area contributed by atoms with E-state index in [1.165, 1.54) is 11.1 Å². The molecule has 7 atom stereocenters. The summed E-state index contributed by atoms with van der Waals surface area (Å²) in [7, 11) is -3.97. The standard InChI is InChI=1S/C43H59ClN4O6S/c1-29(2)54-43(27-46-17-18-47-19-20-52-25-36(47)24-46)16-5-7-30(3)31(4)55(50,51)45-41(49)33-10-14-40-39(22-33)48(23-34-9-12-38(34)43)26-42(28-53-40)15-6-8-32-21-35(44)11-13-37(32)42/h5,10-11,13-14,16,21-22,29-31,34,36,38H,6-9,12,15,17-20,23-28H2,1-4H3,(H,45,49)/b16-5+/t30-,31+,34-,36-,38+,42-,43-/m0/s1. The van der Waals surface area contributed by atoms with Crippen molar-refractivity contribution in [2.75, 3.05) is 70.5 Å². The zero-order valence-electron chi connectivity index (χ0n) is 33.0. The number of sulfonamides is 1. The Morgan fingerprint density at radius 2 is 1.93 bits per heavy atom. The van der Waals surface area contributed by atoms with E-state index in [1.807, 2.05) is 25.1 Å². The monoisotopic (exact) mass is 794 g/mol. The summed E-state index contributed by atoms with van der Waals surface area (Å²) in [5.74, 6) is 0.431. The number of ether oxygens (including phenoxy) is 3. The average molecular weight is 795 g/mol. The zero-order valence-corrected chi connectivity index (χ0v) is 34.5. The fraction of sp³-hybridized carbons (Fsp3) is 0.651. The van der Waals surface area contributed by atoms with Gasteiger partial charge in [0.05, 0.1) is 36.9 Å². The molecule has 1 N–H and O–H groups in total. The first-order chi connectivity index (χ1) is 26.3. The molecule has 2 aromatic rings. The lowest BCUT2D eigenvalue weighted by molar-refractivity contribution is -0.143. The van der Waals surface area contributed by atoms with Gasteiger partial charge >= 0.3 is 0 Å². The number of halogens is 1. The molecule has 55 heavy (non-hydrogen) atoms. The minimum Gasteiger partial charge on any atom is -0.490 e. The molecular weight excluding hydrogens is 736 g/mol. The number of morpholine rings is 1. The first kappa shape index (κ1) is 39.2. The van der Waals surface area contributed by atoms with Crippen LogP contribution in [0, 0.1) is 17.8 Å². The third-order valence-electron chi connectivity index (χ3n) is 13.7. The van der Waals surface area contributed by atoms with E-state index in [-0.39, 0.29) is 23.4 Å². The van der Waals surface area contributed by atoms with E-state index in [0.717, 1.165) is 95.3 Å². The maximum atomic E-state index is 13.7. The van der Waals surface area contributed by atoms with Gasteiger partial charge in [-0.15, -0.1) is 0 Å². The van der Waals surface area contributed by atoms with Gasteiger partial charge in [0.1, 0.15) is 11.4 Å². The summed E-state index contributed by atoms with van der Waals surface area (Å²) < 4.78 is 49.7. The number of carbonyl (C=O) groups excluding carboxylic acids is 1. The molecule has 10 nitrogen and oxygen atoms in total. The Hall–Kier alpha value is -2.67. The molecule has 12 heteroatoms. The number of aryl methyl sites for hydroxylation is 1. The lowest BCUT2D eigenvalue weighted by Gasteiger charge is -2.54. The molecule has 8 rings (SSSR count). The summed E-state index contributed by atoms with van der Waals surface area (Å²) in [6.45, 7) is 16.1. The van der Waals surface area contributed by atoms with Crippen LogP contribution in [-0.4, -0.2) is 113 Å². The van der Waals surface area contributed by atoms with Gasteiger partial charge in [-0.25, -0.2) is 13.1 Å². The first-order valence-corrected chi connectivity index (χ1v) is 22.5. The van der Waals surface area contributed by atoms with E-state index in [4.69, 9.17) is 25.8 Å². The number of amides is 1. The molecular formula is C43H59ClN4O6S. The van der Waals surface area contributed by atoms with Crippen molar-refractivity contribution < 1.29 is 27.4 Å². The number of fused-ring (bicyclic) bond motifs is 5. The van der Waals surface area contributed by atoms with Crippen LogP contribution in [0.5, 0.6) is 5.75 Å². The summed E-state index contributed by atoms with van der Waals surface area (Å²) in [4.78, 5) is 21.3. The molecule has 300 valence electrons. The molecule has 4 heterocycles. The van der Waals surface area contributed by atoms with Gasteiger partial charge in [0, 0.05) is 67.9 Å². The average Bonchev–Trinajstić information content (AvgIpc) is 3.28. The number of benzene rings is 2. The van der Waals surface area contributed by atoms with Gasteiger partial charge in [-0.05, 0) is 119 Å². The van der Waals surface area contributed by atoms with Crippen LogP contribution < -0.4 is 14.4 Å². The van der Waals surface area contributed by atoms with Crippen LogP contribution in [0.3, 0.4) is 0 Å². The second-order valence-corrected chi connectivity index (χ2v) is 20.1. The number of carbonyl (C=O) groups is 1. The molecule has 1 amide bonds. The third kappa shape index (κ3) is 7.83. The van der Waals surface area contributed by atoms with Crippen molar-refractivity contribution in [3.05, 3.63) is 70.3 Å². The molecule has 4 aliphatic heterocycles. The molecule has 1 spiro atoms. The van der Waals surface area contributed by atoms with E-state index in [1.54, 1.807) is 13.0 Å². The summed E-state index contributed by atoms with van der Waals surface area (Å²) >= 11 is 6.53. The molecule has 0 unspecified atom stereocenters. The molecule has 0 aromatic heterocycles. The Bertz CT molecular complexity index is 1890. The van der Waals surface area contributed by atoms with Crippen LogP contribution in [0.4, 0.5) is 5.69 Å². The number of piperazine rings is 1. The van der Waals surface area contributed by atoms with Crippen molar-refractivity contribution in [2.24, 2.45) is 17.8 Å². The summed E-state index contributed by atoms with van der Waals surface area (Å²) in [5.41, 5.74) is 2.86. The Balaban J connectivity index is 1.21. The highest BCUT2D eigenvalue weighted by atomic mass is 35.5. The molecule has 1 saturated carbocycles. The van der Waals surface area contributed by atoms with Gasteiger partial charge in [-0.1, -0.05) is 36.7 Å². The molecule has 6 aliphatic rings. The SMILES string of the molecule is CC(C)O[C@]1(CN2CCN3CCOC[C@@H]3C2)/C=C/C[C@H](C)[C@@H](C)S(=O)(=O)NC(=O)c2ccc3c(c2)N(C[C@@H]2CC[C@H]21)C[C@@]1(CCCc2cc(Cl)ccc21)CO3. The fourth-order valence-electron chi connectivity index (χ4n) is 10.4. The summed E-state index contributed by atoms with van der Waals surface area (Å²) in [5, 5.41) is -0.0390. The minimum absolute atomic E-state index is 0.00793. The lowest BCUT2D eigenvalue weighted by atomic mass is 9.63. The van der Waals surface area contributed by atoms with Gasteiger partial charge in [-0.3, -0.25) is 14.6 Å². The molecule has 0 radical (unpaired) electrons. The van der Waals surface area contributed by atoms with E-state index >= 15 is 0 Å². The maximum absolute atomic E-state index is 13.7. The molecule has 2 saturated heterocycles. The second kappa shape index (κ2) is 15.6. The zero-order chi connectivity index (χ0) is 38.5. The number of allylic oxidation sites excluding steroid dienone is 1. The van der Waals surface area contributed by atoms with E-state index in [2.05, 4.69) is 57.6 Å². The number of anilines is 1. The Morgan fingerprint density at radius 3 is 2.73 bits per heavy atom. The summed E-state index contributed by atoms with van der Waals surface area (Å²) in [6, 6.07) is 12.1. The third-order valence-corrected chi connectivity index (χ3v) is 15.8. The fourth-order valence-corrected chi connectivity index (χ4v) is 11.9. The summed E-state index contributed by atoms with van der Waals surface area (Å²) in [6.07, 6.45) is 10.1. The highest BCUT2D eigenvalue weighted by Gasteiger charge is 2.51. The Morgan fingerprint density at radius 1 is 1.07 bits per heavy atom. The molecule has 3 fully saturated rings. The van der Waals surface area contributed by atoms with Crippen molar-refractivity contribution in [1.82, 2.24) is 14.5 Å². The normalized spacial score (nSPS) is 34.7. The Labute approximate surface area is 332 Å². The van der Waals surface area contributed by atoms with E-state index in [9.17, 15) is 13.2 Å². The van der Waals surface area contributed by atoms with E-state index < -0.39 is 26.8 Å². The number of hydrogen-bond acceptors (Lipinski definition) is 9. The number of nitrogens with one attached hydrogen (secondary N) is 1. The highest BCUT2D eigenvalue weighted by molar-refractivity contribution is 7.90. The van der Waals surface area contributed by atoms with Crippen molar-refractivity contribution in [3.8, 4) is 5.75 Å². The lowest BCUT2D eigenvalue weighted by Crippen LogP contribution is -2.63. The van der Waals surface area contributed by atoms with Crippen LogP contribution in [0.2, 0.25) is 5.02 Å². The van der Waals surface area contributed by atoms with Gasteiger partial charge in [0.25, 0.3) is 5.91 Å². The van der Waals surface area contributed by atoms with Crippen molar-refractivity contribution in [2.45, 2.75) is 94.6 Å². The quantitative estimate of drug-likeness (QED) is 0.371. The van der Waals surface area contributed by atoms with Crippen LogP contribution in [0.25, 0.3) is 0 Å². The van der Waals surface area contributed by atoms with Crippen LogP contribution in [0.15, 0.2) is 48.6 Å². The molecule has 2 aliphatic carbocycles. The van der Waals surface area contributed by atoms with Crippen LogP contribution in [-0.2, 0) is 31.3 Å². The van der Waals surface area contributed by atoms with Crippen molar-refractivity contribution in [3.63, 3.8) is 0 Å². The Kier molecular flexibility index (Phi) is 11.1. The van der Waals surface area contributed by atoms with Gasteiger partial charge in [0.15, 0.2) is 0 Å².